The largest absolute Gasteiger partial charge is 0.358 e. The Morgan fingerprint density at radius 1 is 0.957 bits per heavy atom. The normalized spacial score (nSPS) is 11.4. The first kappa shape index (κ1) is 14.0. The van der Waals surface area contributed by atoms with Crippen molar-refractivity contribution in [1.82, 2.24) is 9.97 Å². The zero-order valence-electron chi connectivity index (χ0n) is 12.0. The van der Waals surface area contributed by atoms with Gasteiger partial charge < -0.3 is 9.97 Å². The van der Waals surface area contributed by atoms with Crippen molar-refractivity contribution in [2.75, 3.05) is 0 Å². The Morgan fingerprint density at radius 3 is 2.48 bits per heavy atom. The van der Waals surface area contributed by atoms with E-state index in [2.05, 4.69) is 9.97 Å². The molecule has 0 aliphatic heterocycles. The van der Waals surface area contributed by atoms with Gasteiger partial charge in [-0.05, 0) is 35.9 Å². The molecule has 0 aliphatic carbocycles. The Balaban J connectivity index is 1.85. The first-order chi connectivity index (χ1) is 11.1. The van der Waals surface area contributed by atoms with Crippen molar-refractivity contribution in [1.29, 1.82) is 0 Å². The topological polar surface area (TPSA) is 48.6 Å². The third kappa shape index (κ3) is 2.51. The number of halogens is 2. The van der Waals surface area contributed by atoms with E-state index in [0.717, 1.165) is 27.5 Å². The summed E-state index contributed by atoms with van der Waals surface area (Å²) in [6, 6.07) is 13.6. The van der Waals surface area contributed by atoms with Crippen LogP contribution in [-0.4, -0.2) is 9.97 Å². The lowest BCUT2D eigenvalue weighted by Crippen LogP contribution is -2.03. The van der Waals surface area contributed by atoms with E-state index in [0.29, 0.717) is 17.0 Å². The first-order valence-electron chi connectivity index (χ1n) is 7.18. The van der Waals surface area contributed by atoms with Crippen LogP contribution < -0.4 is 5.56 Å². The van der Waals surface area contributed by atoms with Gasteiger partial charge in [0.1, 0.15) is 5.82 Å². The van der Waals surface area contributed by atoms with Crippen LogP contribution in [0.4, 0.5) is 4.39 Å². The number of aromatic amines is 2. The molecule has 0 amide bonds. The molecule has 0 spiro atoms. The summed E-state index contributed by atoms with van der Waals surface area (Å²) in [5.41, 5.74) is 3.46. The zero-order chi connectivity index (χ0) is 16.0. The number of H-pyrrole nitrogens is 2. The number of aromatic nitrogens is 2. The van der Waals surface area contributed by atoms with Crippen LogP contribution in [0.25, 0.3) is 21.8 Å². The van der Waals surface area contributed by atoms with Gasteiger partial charge in [0, 0.05) is 34.5 Å². The van der Waals surface area contributed by atoms with Crippen molar-refractivity contribution in [2.45, 2.75) is 6.42 Å². The van der Waals surface area contributed by atoms with E-state index in [1.54, 1.807) is 12.1 Å². The van der Waals surface area contributed by atoms with Crippen molar-refractivity contribution in [3.05, 3.63) is 81.0 Å². The minimum Gasteiger partial charge on any atom is -0.358 e. The van der Waals surface area contributed by atoms with Crippen molar-refractivity contribution in [3.8, 4) is 0 Å². The number of pyridine rings is 1. The maximum atomic E-state index is 13.0. The molecule has 2 aromatic heterocycles. The predicted molar refractivity (Wildman–Crippen MR) is 90.6 cm³/mol. The maximum absolute atomic E-state index is 13.0. The van der Waals surface area contributed by atoms with Crippen LogP contribution in [0.2, 0.25) is 5.02 Å². The van der Waals surface area contributed by atoms with Crippen molar-refractivity contribution in [3.63, 3.8) is 0 Å². The summed E-state index contributed by atoms with van der Waals surface area (Å²) in [5.74, 6) is -0.243. The van der Waals surface area contributed by atoms with Gasteiger partial charge in [-0.15, -0.1) is 0 Å². The van der Waals surface area contributed by atoms with Crippen LogP contribution in [-0.2, 0) is 6.42 Å². The van der Waals surface area contributed by atoms with Gasteiger partial charge in [0.2, 0.25) is 5.56 Å². The van der Waals surface area contributed by atoms with Crippen LogP contribution in [0.15, 0.2) is 53.3 Å². The van der Waals surface area contributed by atoms with E-state index >= 15 is 0 Å². The summed E-state index contributed by atoms with van der Waals surface area (Å²) in [5, 5.41) is 2.22. The average molecular weight is 327 g/mol. The lowest BCUT2D eigenvalue weighted by atomic mass is 10.1. The first-order valence-corrected chi connectivity index (χ1v) is 7.55. The van der Waals surface area contributed by atoms with Crippen LogP contribution in [0, 0.1) is 5.82 Å². The summed E-state index contributed by atoms with van der Waals surface area (Å²) in [6.07, 6.45) is 0.664. The molecule has 4 aromatic rings. The molecule has 0 bridgehead atoms. The van der Waals surface area contributed by atoms with Crippen molar-refractivity contribution in [2.24, 2.45) is 0 Å². The molecule has 2 N–H and O–H groups in total. The number of benzene rings is 2. The second-order valence-corrected chi connectivity index (χ2v) is 5.94. The molecule has 0 saturated heterocycles. The van der Waals surface area contributed by atoms with Crippen LogP contribution in [0.3, 0.4) is 0 Å². The highest BCUT2D eigenvalue weighted by Gasteiger charge is 2.09. The highest BCUT2D eigenvalue weighted by Crippen LogP contribution is 2.30. The van der Waals surface area contributed by atoms with E-state index in [1.807, 2.05) is 18.2 Å². The Hall–Kier alpha value is -2.59. The second-order valence-electron chi connectivity index (χ2n) is 5.53. The molecule has 2 aromatic carbocycles. The molecule has 0 fully saturated rings. The molecule has 114 valence electrons. The molecule has 5 heteroatoms. The van der Waals surface area contributed by atoms with Gasteiger partial charge in [-0.2, -0.15) is 0 Å². The standard InChI is InChI=1S/C18H12ClFN2O/c19-14-9-17(23)22-16-6-5-15-13(18(14)16)8-12(21-15)7-10-1-3-11(20)4-2-10/h1-6,8-9,21H,7H2,(H,22,23). The fourth-order valence-electron chi connectivity index (χ4n) is 2.90. The molecular formula is C18H12ClFN2O. The predicted octanol–water partition coefficient (Wildman–Crippen LogP) is 4.39. The Kier molecular flexibility index (Phi) is 3.20. The number of nitrogens with one attached hydrogen (secondary N) is 2. The van der Waals surface area contributed by atoms with E-state index in [4.69, 9.17) is 11.6 Å². The molecule has 0 atom stereocenters. The fraction of sp³-hybridized carbons (Fsp3) is 0.0556. The van der Waals surface area contributed by atoms with Gasteiger partial charge in [0.05, 0.1) is 10.5 Å². The lowest BCUT2D eigenvalue weighted by molar-refractivity contribution is 0.627. The van der Waals surface area contributed by atoms with Crippen molar-refractivity contribution >= 4 is 33.4 Å². The average Bonchev–Trinajstić information content (AvgIpc) is 2.91. The number of hydrogen-bond donors (Lipinski definition) is 2. The van der Waals surface area contributed by atoms with E-state index in [9.17, 15) is 9.18 Å². The quantitative estimate of drug-likeness (QED) is 0.564. The lowest BCUT2D eigenvalue weighted by Gasteiger charge is -2.01. The summed E-state index contributed by atoms with van der Waals surface area (Å²) in [4.78, 5) is 17.7. The summed E-state index contributed by atoms with van der Waals surface area (Å²) in [6.45, 7) is 0. The molecule has 0 radical (unpaired) electrons. The van der Waals surface area contributed by atoms with E-state index in [-0.39, 0.29) is 11.4 Å². The molecule has 0 unspecified atom stereocenters. The molecule has 0 aliphatic rings. The molecule has 23 heavy (non-hydrogen) atoms. The Morgan fingerprint density at radius 2 is 1.70 bits per heavy atom. The van der Waals surface area contributed by atoms with Gasteiger partial charge >= 0.3 is 0 Å². The van der Waals surface area contributed by atoms with Gasteiger partial charge in [0.15, 0.2) is 0 Å². The highest BCUT2D eigenvalue weighted by atomic mass is 35.5. The van der Waals surface area contributed by atoms with E-state index in [1.165, 1.54) is 18.2 Å². The molecular weight excluding hydrogens is 315 g/mol. The Bertz CT molecular complexity index is 1080. The third-order valence-corrected chi connectivity index (χ3v) is 4.22. The van der Waals surface area contributed by atoms with Crippen LogP contribution in [0.1, 0.15) is 11.3 Å². The van der Waals surface area contributed by atoms with Crippen LogP contribution >= 0.6 is 11.6 Å². The van der Waals surface area contributed by atoms with E-state index < -0.39 is 0 Å². The summed E-state index contributed by atoms with van der Waals surface area (Å²) in [7, 11) is 0. The smallest absolute Gasteiger partial charge is 0.249 e. The Labute approximate surface area is 135 Å². The van der Waals surface area contributed by atoms with Crippen LogP contribution in [0.5, 0.6) is 0 Å². The zero-order valence-corrected chi connectivity index (χ0v) is 12.7. The summed E-state index contributed by atoms with van der Waals surface area (Å²) >= 11 is 6.25. The van der Waals surface area contributed by atoms with Gasteiger partial charge in [-0.3, -0.25) is 4.79 Å². The van der Waals surface area contributed by atoms with Gasteiger partial charge in [-0.25, -0.2) is 4.39 Å². The second kappa shape index (κ2) is 5.25. The monoisotopic (exact) mass is 326 g/mol. The number of rotatable bonds is 2. The molecule has 3 nitrogen and oxygen atoms in total. The molecule has 0 saturated carbocycles. The third-order valence-electron chi connectivity index (χ3n) is 3.92. The SMILES string of the molecule is O=c1cc(Cl)c2c(ccc3[nH]c(Cc4ccc(F)cc4)cc32)[nH]1. The maximum Gasteiger partial charge on any atom is 0.249 e. The minimum absolute atomic E-state index is 0.219. The fourth-order valence-corrected chi connectivity index (χ4v) is 3.20. The molecule has 4 rings (SSSR count). The molecule has 2 heterocycles. The minimum atomic E-state index is -0.243. The van der Waals surface area contributed by atoms with Crippen molar-refractivity contribution < 1.29 is 4.39 Å². The summed E-state index contributed by atoms with van der Waals surface area (Å²) < 4.78 is 13.0. The number of hydrogen-bond acceptors (Lipinski definition) is 1. The highest BCUT2D eigenvalue weighted by molar-refractivity contribution is 6.37. The number of fused-ring (bicyclic) bond motifs is 3. The van der Waals surface area contributed by atoms with Gasteiger partial charge in [0.25, 0.3) is 0 Å². The van der Waals surface area contributed by atoms with Gasteiger partial charge in [-0.1, -0.05) is 23.7 Å².